The number of ether oxygens (including phenoxy) is 1. The predicted molar refractivity (Wildman–Crippen MR) is 133 cm³/mol. The first-order chi connectivity index (χ1) is 16.3. The lowest BCUT2D eigenvalue weighted by Gasteiger charge is -2.15. The van der Waals surface area contributed by atoms with Crippen molar-refractivity contribution in [1.82, 2.24) is 0 Å². The number of aryl methyl sites for hydroxylation is 1. The zero-order valence-electron chi connectivity index (χ0n) is 18.2. The number of carbonyl (C=O) groups is 4. The lowest BCUT2D eigenvalue weighted by atomic mass is 10.1. The summed E-state index contributed by atoms with van der Waals surface area (Å²) in [7, 11) is 0. The number of hydrogen-bond donors (Lipinski definition) is 0. The molecule has 34 heavy (non-hydrogen) atoms. The molecule has 3 aromatic carbocycles. The number of ketones is 1. The average molecular weight is 538 g/mol. The van der Waals surface area contributed by atoms with Gasteiger partial charge in [0.15, 0.2) is 12.4 Å². The van der Waals surface area contributed by atoms with Gasteiger partial charge in [0.1, 0.15) is 0 Å². The summed E-state index contributed by atoms with van der Waals surface area (Å²) in [5.74, 6) is -1.55. The number of nitrogens with zero attached hydrogens (tertiary/aromatic N) is 1. The Balaban J connectivity index is 1.37. The molecule has 6 nitrogen and oxygen atoms in total. The third-order valence-corrected chi connectivity index (χ3v) is 6.99. The molecule has 0 aromatic heterocycles. The Bertz CT molecular complexity index is 1240. The number of anilines is 1. The summed E-state index contributed by atoms with van der Waals surface area (Å²) < 4.78 is 5.97. The number of rotatable bonds is 7. The second-order valence-corrected chi connectivity index (χ2v) is 9.94. The molecule has 1 atom stereocenters. The lowest BCUT2D eigenvalue weighted by molar-refractivity contribution is -0.121. The number of Topliss-reactive ketones (excluding diaryl/α,β-unsaturated/α-hetero) is 1. The maximum Gasteiger partial charge on any atom is 0.338 e. The van der Waals surface area contributed by atoms with Gasteiger partial charge in [-0.2, -0.15) is 0 Å². The maximum absolute atomic E-state index is 12.9. The Labute approximate surface area is 209 Å². The second kappa shape index (κ2) is 10.4. The van der Waals surface area contributed by atoms with Crippen LogP contribution < -0.4 is 4.90 Å². The van der Waals surface area contributed by atoms with Crippen molar-refractivity contribution in [3.63, 3.8) is 0 Å². The van der Waals surface area contributed by atoms with Crippen molar-refractivity contribution in [2.75, 3.05) is 11.5 Å². The molecule has 1 aliphatic rings. The molecule has 3 aromatic rings. The van der Waals surface area contributed by atoms with Crippen LogP contribution in [0.1, 0.15) is 32.7 Å². The van der Waals surface area contributed by atoms with Crippen LogP contribution in [0.2, 0.25) is 0 Å². The molecule has 0 spiro atoms. The summed E-state index contributed by atoms with van der Waals surface area (Å²) >= 11 is 4.67. The molecule has 2 amide bonds. The van der Waals surface area contributed by atoms with Crippen molar-refractivity contribution in [2.45, 2.75) is 23.5 Å². The van der Waals surface area contributed by atoms with E-state index in [0.717, 1.165) is 19.8 Å². The van der Waals surface area contributed by atoms with E-state index in [2.05, 4.69) is 15.9 Å². The van der Waals surface area contributed by atoms with Crippen LogP contribution in [0.25, 0.3) is 0 Å². The van der Waals surface area contributed by atoms with E-state index in [-0.39, 0.29) is 36.2 Å². The van der Waals surface area contributed by atoms with E-state index < -0.39 is 11.2 Å². The van der Waals surface area contributed by atoms with Crippen molar-refractivity contribution in [2.24, 2.45) is 0 Å². The van der Waals surface area contributed by atoms with Crippen LogP contribution >= 0.6 is 27.7 Å². The minimum absolute atomic E-state index is 0.110. The summed E-state index contributed by atoms with van der Waals surface area (Å²) in [6, 6.07) is 20.6. The largest absolute Gasteiger partial charge is 0.454 e. The molecule has 8 heteroatoms. The van der Waals surface area contributed by atoms with E-state index in [1.54, 1.807) is 24.3 Å². The van der Waals surface area contributed by atoms with Crippen LogP contribution in [0.3, 0.4) is 0 Å². The van der Waals surface area contributed by atoms with E-state index in [1.807, 2.05) is 31.2 Å². The number of benzene rings is 3. The Hall–Kier alpha value is -3.23. The van der Waals surface area contributed by atoms with Gasteiger partial charge in [0.25, 0.3) is 0 Å². The number of amides is 2. The van der Waals surface area contributed by atoms with Crippen LogP contribution in [-0.4, -0.2) is 35.4 Å². The van der Waals surface area contributed by atoms with Crippen LogP contribution in [0.5, 0.6) is 0 Å². The fourth-order valence-electron chi connectivity index (χ4n) is 3.43. The Morgan fingerprint density at radius 1 is 0.941 bits per heavy atom. The molecule has 0 aliphatic carbocycles. The molecule has 1 aliphatic heterocycles. The van der Waals surface area contributed by atoms with Crippen LogP contribution in [0.15, 0.2) is 82.2 Å². The smallest absolute Gasteiger partial charge is 0.338 e. The number of halogens is 1. The highest BCUT2D eigenvalue weighted by atomic mass is 79.9. The first-order valence-corrected chi connectivity index (χ1v) is 12.1. The minimum Gasteiger partial charge on any atom is -0.454 e. The van der Waals surface area contributed by atoms with E-state index in [0.29, 0.717) is 11.3 Å². The van der Waals surface area contributed by atoms with Crippen molar-refractivity contribution in [3.8, 4) is 0 Å². The first-order valence-electron chi connectivity index (χ1n) is 10.5. The third-order valence-electron chi connectivity index (χ3n) is 5.27. The van der Waals surface area contributed by atoms with E-state index in [1.165, 1.54) is 36.0 Å². The van der Waals surface area contributed by atoms with Gasteiger partial charge in [-0.15, -0.1) is 11.8 Å². The normalized spacial score (nSPS) is 15.5. The van der Waals surface area contributed by atoms with E-state index in [4.69, 9.17) is 4.74 Å². The van der Waals surface area contributed by atoms with Crippen molar-refractivity contribution < 1.29 is 23.9 Å². The van der Waals surface area contributed by atoms with E-state index >= 15 is 0 Å². The first kappa shape index (κ1) is 23.9. The predicted octanol–water partition coefficient (Wildman–Crippen LogP) is 5.22. The molecule has 172 valence electrons. The van der Waals surface area contributed by atoms with Gasteiger partial charge < -0.3 is 4.74 Å². The van der Waals surface area contributed by atoms with Gasteiger partial charge in [-0.05, 0) is 55.5 Å². The van der Waals surface area contributed by atoms with E-state index in [9.17, 15) is 19.2 Å². The monoisotopic (exact) mass is 537 g/mol. The quantitative estimate of drug-likeness (QED) is 0.233. The number of esters is 1. The van der Waals surface area contributed by atoms with Crippen LogP contribution in [-0.2, 0) is 14.3 Å². The number of hydrogen-bond acceptors (Lipinski definition) is 6. The molecule has 1 unspecified atom stereocenters. The van der Waals surface area contributed by atoms with Gasteiger partial charge in [-0.1, -0.05) is 45.8 Å². The van der Waals surface area contributed by atoms with Crippen molar-refractivity contribution in [1.29, 1.82) is 0 Å². The molecular weight excluding hydrogens is 518 g/mol. The molecule has 1 heterocycles. The van der Waals surface area contributed by atoms with Gasteiger partial charge in [0, 0.05) is 21.4 Å². The highest BCUT2D eigenvalue weighted by molar-refractivity contribution is 9.10. The molecule has 0 saturated carbocycles. The summed E-state index contributed by atoms with van der Waals surface area (Å²) in [4.78, 5) is 52.1. The fraction of sp³-hybridized carbons (Fsp3) is 0.154. The van der Waals surface area contributed by atoms with Crippen molar-refractivity contribution in [3.05, 3.63) is 94.0 Å². The average Bonchev–Trinajstić information content (AvgIpc) is 3.11. The lowest BCUT2D eigenvalue weighted by Crippen LogP contribution is -2.31. The SMILES string of the molecule is Cc1ccc(SC2CC(=O)N(c3ccc(C(=O)OCC(=O)c4ccc(Br)cc4)cc3)C2=O)cc1. The molecule has 1 fully saturated rings. The Morgan fingerprint density at radius 2 is 1.56 bits per heavy atom. The summed E-state index contributed by atoms with van der Waals surface area (Å²) in [6.45, 7) is 1.60. The third kappa shape index (κ3) is 5.46. The van der Waals surface area contributed by atoms with Gasteiger partial charge >= 0.3 is 5.97 Å². The number of thioether (sulfide) groups is 1. The highest BCUT2D eigenvalue weighted by Gasteiger charge is 2.40. The highest BCUT2D eigenvalue weighted by Crippen LogP contribution is 2.34. The minimum atomic E-state index is -0.663. The van der Waals surface area contributed by atoms with Gasteiger partial charge in [-0.25, -0.2) is 9.69 Å². The van der Waals surface area contributed by atoms with Crippen molar-refractivity contribution >= 4 is 56.9 Å². The Morgan fingerprint density at radius 3 is 2.21 bits per heavy atom. The van der Waals surface area contributed by atoms with Gasteiger partial charge in [-0.3, -0.25) is 14.4 Å². The zero-order valence-corrected chi connectivity index (χ0v) is 20.6. The molecule has 0 radical (unpaired) electrons. The molecule has 0 bridgehead atoms. The standard InChI is InChI=1S/C26H20BrNO5S/c1-16-2-12-21(13-3-16)34-23-14-24(30)28(25(23)31)20-10-6-18(7-11-20)26(32)33-15-22(29)17-4-8-19(27)9-5-17/h2-13,23H,14-15H2,1H3. The summed E-state index contributed by atoms with van der Waals surface area (Å²) in [6.07, 6.45) is 0.110. The number of imide groups is 1. The fourth-order valence-corrected chi connectivity index (χ4v) is 4.75. The van der Waals surface area contributed by atoms with Crippen LogP contribution in [0, 0.1) is 6.92 Å². The molecule has 1 saturated heterocycles. The van der Waals surface area contributed by atoms with Crippen LogP contribution in [0.4, 0.5) is 5.69 Å². The maximum atomic E-state index is 12.9. The molecule has 0 N–H and O–H groups in total. The second-order valence-electron chi connectivity index (χ2n) is 7.74. The summed E-state index contributed by atoms with van der Waals surface area (Å²) in [5.41, 5.74) is 2.17. The zero-order chi connectivity index (χ0) is 24.2. The molecule has 4 rings (SSSR count). The Kier molecular flexibility index (Phi) is 7.29. The molecular formula is C26H20BrNO5S. The summed E-state index contributed by atoms with van der Waals surface area (Å²) in [5, 5.41) is -0.496. The topological polar surface area (TPSA) is 80.8 Å². The number of carbonyl (C=O) groups excluding carboxylic acids is 4. The van der Waals surface area contributed by atoms with Gasteiger partial charge in [0.2, 0.25) is 11.8 Å². The van der Waals surface area contributed by atoms with Gasteiger partial charge in [0.05, 0.1) is 16.5 Å².